The van der Waals surface area contributed by atoms with E-state index in [0.29, 0.717) is 43.2 Å². The van der Waals surface area contributed by atoms with Gasteiger partial charge in [0.25, 0.3) is 17.5 Å². The number of hydrogen-bond acceptors (Lipinski definition) is 6. The van der Waals surface area contributed by atoms with E-state index in [1.165, 1.54) is 12.1 Å². The molecule has 1 fully saturated rings. The molecule has 0 aliphatic carbocycles. The van der Waals surface area contributed by atoms with Gasteiger partial charge in [-0.15, -0.1) is 0 Å². The smallest absolute Gasteiger partial charge is 0.270 e. The van der Waals surface area contributed by atoms with E-state index in [2.05, 4.69) is 10.2 Å². The summed E-state index contributed by atoms with van der Waals surface area (Å²) in [5.41, 5.74) is 1.95. The Bertz CT molecular complexity index is 1240. The molecule has 1 aliphatic rings. The Balaban J connectivity index is 1.35. The Kier molecular flexibility index (Phi) is 7.17. The number of halogens is 1. The topological polar surface area (TPSA) is 105 Å². The second kappa shape index (κ2) is 10.4. The maximum Gasteiger partial charge on any atom is 0.270 e. The van der Waals surface area contributed by atoms with Crippen molar-refractivity contribution in [2.45, 2.75) is 0 Å². The summed E-state index contributed by atoms with van der Waals surface area (Å²) >= 11 is 6.05. The predicted molar refractivity (Wildman–Crippen MR) is 134 cm³/mol. The molecule has 3 aromatic carbocycles. The summed E-state index contributed by atoms with van der Waals surface area (Å²) in [4.78, 5) is 39.8. The maximum absolute atomic E-state index is 12.8. The minimum atomic E-state index is -0.577. The number of rotatable bonds is 6. The van der Waals surface area contributed by atoms with Crippen molar-refractivity contribution in [3.63, 3.8) is 0 Å². The number of nitro benzene ring substituents is 1. The molecule has 1 heterocycles. The molecule has 35 heavy (non-hydrogen) atoms. The zero-order chi connectivity index (χ0) is 24.9. The van der Waals surface area contributed by atoms with E-state index < -0.39 is 10.8 Å². The summed E-state index contributed by atoms with van der Waals surface area (Å²) in [6.45, 7) is 2.54. The minimum absolute atomic E-state index is 0.00910. The van der Waals surface area contributed by atoms with Gasteiger partial charge < -0.3 is 19.9 Å². The quantitative estimate of drug-likeness (QED) is 0.400. The average Bonchev–Trinajstić information content (AvgIpc) is 2.89. The predicted octanol–water partition coefficient (Wildman–Crippen LogP) is 4.47. The van der Waals surface area contributed by atoms with Crippen LogP contribution in [0.2, 0.25) is 5.02 Å². The van der Waals surface area contributed by atoms with Gasteiger partial charge in [0, 0.05) is 55.2 Å². The summed E-state index contributed by atoms with van der Waals surface area (Å²) in [5.74, 6) is 0.168. The number of carbonyl (C=O) groups is 2. The Morgan fingerprint density at radius 2 is 1.63 bits per heavy atom. The highest BCUT2D eigenvalue weighted by molar-refractivity contribution is 6.34. The van der Waals surface area contributed by atoms with Crippen molar-refractivity contribution in [1.82, 2.24) is 4.90 Å². The fraction of sp³-hybridized carbons (Fsp3) is 0.200. The highest BCUT2D eigenvalue weighted by atomic mass is 35.5. The summed E-state index contributed by atoms with van der Waals surface area (Å²) in [6, 6.07) is 18.1. The first-order valence-corrected chi connectivity index (χ1v) is 11.3. The highest BCUT2D eigenvalue weighted by Gasteiger charge is 2.22. The fourth-order valence-corrected chi connectivity index (χ4v) is 4.04. The molecule has 0 aromatic heterocycles. The van der Waals surface area contributed by atoms with Crippen molar-refractivity contribution in [3.05, 3.63) is 93.0 Å². The third kappa shape index (κ3) is 5.52. The number of ether oxygens (including phenoxy) is 1. The fourth-order valence-electron chi connectivity index (χ4n) is 3.84. The van der Waals surface area contributed by atoms with Crippen molar-refractivity contribution < 1.29 is 19.2 Å². The standard InChI is InChI=1S/C25H23ClN4O5/c1-35-21-9-2-17(3-10-21)25(32)29-14-12-28(13-15-29)19-6-4-18(5-7-19)27-24(31)22-16-20(30(33)34)8-11-23(22)26/h2-11,16H,12-15H2,1H3,(H,27,31). The second-order valence-corrected chi connectivity index (χ2v) is 8.34. The van der Waals surface area contributed by atoms with Crippen LogP contribution in [0.4, 0.5) is 17.1 Å². The van der Waals surface area contributed by atoms with Crippen LogP contribution in [0.1, 0.15) is 20.7 Å². The molecule has 0 radical (unpaired) electrons. The molecule has 1 saturated heterocycles. The summed E-state index contributed by atoms with van der Waals surface area (Å²) in [6.07, 6.45) is 0. The van der Waals surface area contributed by atoms with Crippen LogP contribution in [0.3, 0.4) is 0 Å². The monoisotopic (exact) mass is 494 g/mol. The number of methoxy groups -OCH3 is 1. The molecule has 0 bridgehead atoms. The normalized spacial score (nSPS) is 13.3. The van der Waals surface area contributed by atoms with Crippen LogP contribution < -0.4 is 15.0 Å². The molecule has 2 amide bonds. The summed E-state index contributed by atoms with van der Waals surface area (Å²) in [7, 11) is 1.59. The van der Waals surface area contributed by atoms with E-state index in [9.17, 15) is 19.7 Å². The Labute approximate surface area is 207 Å². The lowest BCUT2D eigenvalue weighted by atomic mass is 10.1. The van der Waals surface area contributed by atoms with Gasteiger partial charge in [0.15, 0.2) is 0 Å². The molecule has 4 rings (SSSR count). The van der Waals surface area contributed by atoms with Crippen molar-refractivity contribution in [1.29, 1.82) is 0 Å². The molecule has 1 aliphatic heterocycles. The molecule has 0 unspecified atom stereocenters. The molecule has 9 nitrogen and oxygen atoms in total. The van der Waals surface area contributed by atoms with E-state index in [1.807, 2.05) is 17.0 Å². The minimum Gasteiger partial charge on any atom is -0.497 e. The zero-order valence-electron chi connectivity index (χ0n) is 18.9. The van der Waals surface area contributed by atoms with Crippen LogP contribution >= 0.6 is 11.6 Å². The summed E-state index contributed by atoms with van der Waals surface area (Å²) in [5, 5.41) is 13.8. The van der Waals surface area contributed by atoms with Crippen LogP contribution in [0.15, 0.2) is 66.7 Å². The number of nitrogens with one attached hydrogen (secondary N) is 1. The SMILES string of the molecule is COc1ccc(C(=O)N2CCN(c3ccc(NC(=O)c4cc([N+](=O)[O-])ccc4Cl)cc3)CC2)cc1. The number of anilines is 2. The second-order valence-electron chi connectivity index (χ2n) is 7.93. The first-order valence-electron chi connectivity index (χ1n) is 10.9. The molecule has 3 aromatic rings. The number of nitro groups is 1. The Morgan fingerprint density at radius 1 is 0.971 bits per heavy atom. The van der Waals surface area contributed by atoms with E-state index in [1.54, 1.807) is 43.5 Å². The Hall–Kier alpha value is -4.11. The van der Waals surface area contributed by atoms with Crippen LogP contribution in [-0.4, -0.2) is 54.9 Å². The van der Waals surface area contributed by atoms with Gasteiger partial charge in [-0.3, -0.25) is 19.7 Å². The van der Waals surface area contributed by atoms with Gasteiger partial charge in [-0.05, 0) is 54.6 Å². The van der Waals surface area contributed by atoms with Gasteiger partial charge in [0.05, 0.1) is 22.6 Å². The molecular formula is C25H23ClN4O5. The lowest BCUT2D eigenvalue weighted by Gasteiger charge is -2.36. The molecule has 1 N–H and O–H groups in total. The van der Waals surface area contributed by atoms with E-state index >= 15 is 0 Å². The van der Waals surface area contributed by atoms with Gasteiger partial charge in [0.2, 0.25) is 0 Å². The van der Waals surface area contributed by atoms with Crippen LogP contribution in [0, 0.1) is 10.1 Å². The number of non-ortho nitro benzene ring substituents is 1. The summed E-state index contributed by atoms with van der Waals surface area (Å²) < 4.78 is 5.14. The van der Waals surface area contributed by atoms with Crippen LogP contribution in [0.25, 0.3) is 0 Å². The molecular weight excluding hydrogens is 472 g/mol. The number of nitrogens with zero attached hydrogens (tertiary/aromatic N) is 3. The Morgan fingerprint density at radius 3 is 2.23 bits per heavy atom. The van der Waals surface area contributed by atoms with Gasteiger partial charge in [-0.1, -0.05) is 11.6 Å². The molecule has 0 saturated carbocycles. The highest BCUT2D eigenvalue weighted by Crippen LogP contribution is 2.25. The third-order valence-corrected chi connectivity index (χ3v) is 6.13. The maximum atomic E-state index is 12.8. The van der Waals surface area contributed by atoms with Gasteiger partial charge >= 0.3 is 0 Å². The number of hydrogen-bond donors (Lipinski definition) is 1. The van der Waals surface area contributed by atoms with Crippen molar-refractivity contribution in [2.24, 2.45) is 0 Å². The van der Waals surface area contributed by atoms with Crippen LogP contribution in [0.5, 0.6) is 5.75 Å². The van der Waals surface area contributed by atoms with Crippen LogP contribution in [-0.2, 0) is 0 Å². The largest absolute Gasteiger partial charge is 0.497 e. The third-order valence-electron chi connectivity index (χ3n) is 5.80. The number of amides is 2. The van der Waals surface area contributed by atoms with Gasteiger partial charge in [-0.25, -0.2) is 0 Å². The molecule has 0 atom stereocenters. The number of carbonyl (C=O) groups excluding carboxylic acids is 2. The van der Waals surface area contributed by atoms with Crippen molar-refractivity contribution in [3.8, 4) is 5.75 Å². The lowest BCUT2D eigenvalue weighted by molar-refractivity contribution is -0.384. The molecule has 10 heteroatoms. The van der Waals surface area contributed by atoms with E-state index in [0.717, 1.165) is 11.8 Å². The average molecular weight is 495 g/mol. The number of piperazine rings is 1. The molecule has 180 valence electrons. The first kappa shape index (κ1) is 24.0. The van der Waals surface area contributed by atoms with Crippen molar-refractivity contribution >= 4 is 40.5 Å². The van der Waals surface area contributed by atoms with Crippen molar-refractivity contribution in [2.75, 3.05) is 43.5 Å². The molecule has 0 spiro atoms. The van der Waals surface area contributed by atoms with E-state index in [4.69, 9.17) is 16.3 Å². The van der Waals surface area contributed by atoms with E-state index in [-0.39, 0.29) is 22.2 Å². The first-order chi connectivity index (χ1) is 16.9. The van der Waals surface area contributed by atoms with Gasteiger partial charge in [-0.2, -0.15) is 0 Å². The van der Waals surface area contributed by atoms with Gasteiger partial charge in [0.1, 0.15) is 5.75 Å². The number of benzene rings is 3. The lowest BCUT2D eigenvalue weighted by Crippen LogP contribution is -2.48. The zero-order valence-corrected chi connectivity index (χ0v) is 19.7.